The van der Waals surface area contributed by atoms with E-state index in [1.54, 1.807) is 25.1 Å². The molecule has 0 unspecified atom stereocenters. The molecule has 6 heteroatoms. The predicted molar refractivity (Wildman–Crippen MR) is 103 cm³/mol. The fraction of sp³-hybridized carbons (Fsp3) is 0.300. The van der Waals surface area contributed by atoms with E-state index in [-0.39, 0.29) is 12.5 Å². The quantitative estimate of drug-likeness (QED) is 0.739. The fourth-order valence-corrected chi connectivity index (χ4v) is 3.38. The predicted octanol–water partition coefficient (Wildman–Crippen LogP) is 5.08. The van der Waals surface area contributed by atoms with Crippen LogP contribution in [0.1, 0.15) is 43.4 Å². The minimum Gasteiger partial charge on any atom is -0.319 e. The van der Waals surface area contributed by atoms with Gasteiger partial charge in [0.25, 0.3) is 5.91 Å². The Hall–Kier alpha value is -2.04. The maximum atomic E-state index is 13.0. The number of halogens is 2. The molecule has 2 aromatic carbocycles. The van der Waals surface area contributed by atoms with Crippen LogP contribution in [-0.4, -0.2) is 16.8 Å². The molecule has 1 fully saturated rings. The summed E-state index contributed by atoms with van der Waals surface area (Å²) in [6.07, 6.45) is 0. The van der Waals surface area contributed by atoms with Crippen molar-refractivity contribution in [3.8, 4) is 0 Å². The van der Waals surface area contributed by atoms with Crippen LogP contribution in [0.5, 0.6) is 0 Å². The van der Waals surface area contributed by atoms with Crippen LogP contribution in [0.4, 0.5) is 4.79 Å². The molecule has 26 heavy (non-hydrogen) atoms. The Morgan fingerprint density at radius 2 is 1.69 bits per heavy atom. The van der Waals surface area contributed by atoms with Crippen molar-refractivity contribution in [3.63, 3.8) is 0 Å². The number of rotatable bonds is 4. The van der Waals surface area contributed by atoms with E-state index in [0.29, 0.717) is 16.0 Å². The van der Waals surface area contributed by atoms with Gasteiger partial charge in [-0.25, -0.2) is 4.79 Å². The monoisotopic (exact) mass is 390 g/mol. The number of nitrogens with zero attached hydrogens (tertiary/aromatic N) is 1. The van der Waals surface area contributed by atoms with Crippen molar-refractivity contribution in [1.29, 1.82) is 0 Å². The van der Waals surface area contributed by atoms with E-state index in [1.165, 1.54) is 10.5 Å². The lowest BCUT2D eigenvalue weighted by molar-refractivity contribution is -0.131. The second-order valence-electron chi connectivity index (χ2n) is 6.97. The van der Waals surface area contributed by atoms with Crippen molar-refractivity contribution in [3.05, 3.63) is 69.2 Å². The van der Waals surface area contributed by atoms with Crippen molar-refractivity contribution < 1.29 is 9.59 Å². The summed E-state index contributed by atoms with van der Waals surface area (Å²) in [6.45, 7) is 6.09. The molecule has 0 radical (unpaired) electrons. The van der Waals surface area contributed by atoms with E-state index in [2.05, 4.69) is 19.2 Å². The van der Waals surface area contributed by atoms with Gasteiger partial charge in [-0.2, -0.15) is 0 Å². The van der Waals surface area contributed by atoms with Gasteiger partial charge >= 0.3 is 6.03 Å². The summed E-state index contributed by atoms with van der Waals surface area (Å²) in [7, 11) is 0. The van der Waals surface area contributed by atoms with Gasteiger partial charge in [-0.05, 0) is 41.7 Å². The standard InChI is InChI=1S/C20H20Cl2N2O2/c1-12(2)14-5-7-15(8-6-14)20(3)18(25)24(19(26)23-20)11-13-4-9-16(21)17(22)10-13/h4-10,12H,11H2,1-3H3,(H,23,26)/t20-/m1/s1. The Bertz CT molecular complexity index is 865. The maximum absolute atomic E-state index is 13.0. The van der Waals surface area contributed by atoms with Gasteiger partial charge in [0, 0.05) is 0 Å². The Morgan fingerprint density at radius 3 is 2.27 bits per heavy atom. The molecule has 2 aromatic rings. The number of nitrogens with one attached hydrogen (secondary N) is 1. The number of amides is 3. The van der Waals surface area contributed by atoms with E-state index >= 15 is 0 Å². The summed E-state index contributed by atoms with van der Waals surface area (Å²) in [5, 5.41) is 3.64. The number of hydrogen-bond donors (Lipinski definition) is 1. The van der Waals surface area contributed by atoms with Gasteiger partial charge in [0.15, 0.2) is 0 Å². The molecule has 4 nitrogen and oxygen atoms in total. The second-order valence-corrected chi connectivity index (χ2v) is 7.79. The van der Waals surface area contributed by atoms with Gasteiger partial charge < -0.3 is 5.32 Å². The second kappa shape index (κ2) is 6.93. The van der Waals surface area contributed by atoms with Crippen LogP contribution in [-0.2, 0) is 16.9 Å². The number of imide groups is 1. The molecule has 3 rings (SSSR count). The van der Waals surface area contributed by atoms with E-state index in [9.17, 15) is 9.59 Å². The first-order valence-electron chi connectivity index (χ1n) is 8.41. The third-order valence-electron chi connectivity index (χ3n) is 4.75. The summed E-state index contributed by atoms with van der Waals surface area (Å²) >= 11 is 12.0. The Kier molecular flexibility index (Phi) is 5.00. The van der Waals surface area contributed by atoms with Gasteiger partial charge in [-0.1, -0.05) is 67.4 Å². The molecular formula is C20H20Cl2N2O2. The number of hydrogen-bond acceptors (Lipinski definition) is 2. The molecule has 0 bridgehead atoms. The fourth-order valence-electron chi connectivity index (χ4n) is 3.06. The van der Waals surface area contributed by atoms with Crippen LogP contribution >= 0.6 is 23.2 Å². The lowest BCUT2D eigenvalue weighted by Gasteiger charge is -2.23. The first-order valence-corrected chi connectivity index (χ1v) is 9.16. The highest BCUT2D eigenvalue weighted by atomic mass is 35.5. The van der Waals surface area contributed by atoms with Gasteiger partial charge in [-0.15, -0.1) is 0 Å². The summed E-state index contributed by atoms with van der Waals surface area (Å²) in [5.41, 5.74) is 1.60. The minimum absolute atomic E-state index is 0.140. The largest absolute Gasteiger partial charge is 0.325 e. The number of benzene rings is 2. The van der Waals surface area contributed by atoms with Crippen molar-refractivity contribution >= 4 is 35.1 Å². The minimum atomic E-state index is -1.08. The molecule has 1 saturated heterocycles. The first-order chi connectivity index (χ1) is 12.2. The molecule has 0 spiro atoms. The van der Waals surface area contributed by atoms with E-state index in [0.717, 1.165) is 11.1 Å². The molecule has 0 aliphatic carbocycles. The summed E-state index contributed by atoms with van der Waals surface area (Å²) in [4.78, 5) is 26.6. The highest BCUT2D eigenvalue weighted by molar-refractivity contribution is 6.42. The molecule has 1 atom stereocenters. The van der Waals surface area contributed by atoms with Crippen LogP contribution in [0.3, 0.4) is 0 Å². The number of carbonyl (C=O) groups is 2. The summed E-state index contributed by atoms with van der Waals surface area (Å²) in [5.74, 6) is 0.114. The molecular weight excluding hydrogens is 371 g/mol. The van der Waals surface area contributed by atoms with E-state index in [1.807, 2.05) is 24.3 Å². The molecule has 1 aliphatic rings. The normalized spacial score (nSPS) is 20.0. The van der Waals surface area contributed by atoms with E-state index in [4.69, 9.17) is 23.2 Å². The molecule has 136 valence electrons. The average Bonchev–Trinajstić information content (AvgIpc) is 2.82. The topological polar surface area (TPSA) is 49.4 Å². The smallest absolute Gasteiger partial charge is 0.319 e. The summed E-state index contributed by atoms with van der Waals surface area (Å²) < 4.78 is 0. The highest BCUT2D eigenvalue weighted by Crippen LogP contribution is 2.31. The maximum Gasteiger partial charge on any atom is 0.325 e. The van der Waals surface area contributed by atoms with Gasteiger partial charge in [0.2, 0.25) is 0 Å². The third-order valence-corrected chi connectivity index (χ3v) is 5.49. The highest BCUT2D eigenvalue weighted by Gasteiger charge is 2.48. The molecule has 1 N–H and O–H groups in total. The van der Waals surface area contributed by atoms with Crippen molar-refractivity contribution in [2.24, 2.45) is 0 Å². The number of urea groups is 1. The molecule has 3 amide bonds. The number of carbonyl (C=O) groups excluding carboxylic acids is 2. The summed E-state index contributed by atoms with van der Waals surface area (Å²) in [6, 6.07) is 12.4. The van der Waals surface area contributed by atoms with Crippen LogP contribution < -0.4 is 5.32 Å². The lowest BCUT2D eigenvalue weighted by Crippen LogP contribution is -2.40. The molecule has 1 heterocycles. The van der Waals surface area contributed by atoms with Crippen LogP contribution in [0, 0.1) is 0 Å². The average molecular weight is 391 g/mol. The van der Waals surface area contributed by atoms with Crippen LogP contribution in [0.15, 0.2) is 42.5 Å². The van der Waals surface area contributed by atoms with E-state index < -0.39 is 11.6 Å². The lowest BCUT2D eigenvalue weighted by atomic mass is 9.90. The van der Waals surface area contributed by atoms with Crippen LogP contribution in [0.2, 0.25) is 10.0 Å². The van der Waals surface area contributed by atoms with Gasteiger partial charge in [0.1, 0.15) is 5.54 Å². The molecule has 0 aromatic heterocycles. The van der Waals surface area contributed by atoms with Crippen LogP contribution in [0.25, 0.3) is 0 Å². The SMILES string of the molecule is CC(C)c1ccc([C@@]2(C)NC(=O)N(Cc3ccc(Cl)c(Cl)c3)C2=O)cc1. The first kappa shape index (κ1) is 18.7. The van der Waals surface area contributed by atoms with Crippen molar-refractivity contribution in [2.75, 3.05) is 0 Å². The Morgan fingerprint density at radius 1 is 1.04 bits per heavy atom. The zero-order valence-electron chi connectivity index (χ0n) is 14.8. The van der Waals surface area contributed by atoms with Crippen molar-refractivity contribution in [1.82, 2.24) is 10.2 Å². The van der Waals surface area contributed by atoms with Gasteiger partial charge in [0.05, 0.1) is 16.6 Å². The third kappa shape index (κ3) is 3.31. The zero-order chi connectivity index (χ0) is 19.1. The Balaban J connectivity index is 1.86. The van der Waals surface area contributed by atoms with Crippen molar-refractivity contribution in [2.45, 2.75) is 38.8 Å². The Labute approximate surface area is 163 Å². The molecule has 1 aliphatic heterocycles. The molecule has 0 saturated carbocycles. The zero-order valence-corrected chi connectivity index (χ0v) is 16.4. The van der Waals surface area contributed by atoms with Gasteiger partial charge in [-0.3, -0.25) is 9.69 Å².